The minimum absolute atomic E-state index is 0.459. The second-order valence-corrected chi connectivity index (χ2v) is 12.0. The number of carbonyl (C=O) groups is 4. The average molecular weight is 787 g/mol. The standard InChI is InChI=1S/C34H26O22/c35-12-1-8(2-13(36)21(12)41)30(47)55-28-27-18(53-34(51)29(28)56-31(48)9-3-14(37)22(42)15(38)4-9)7-52-32(49)10-5-16(39)23(43)25(45)19(10)20-11(33(50)54-27)6-17(40)24(44)26(20)46/h1-6,18,27-29,34-46,51H,7H2/t18-,27?,28+,29-,34?/m1/s1. The number of ether oxygens (including phenoxy) is 5. The van der Waals surface area contributed by atoms with Gasteiger partial charge in [-0.25, -0.2) is 19.2 Å². The van der Waals surface area contributed by atoms with E-state index in [0.717, 1.165) is 0 Å². The predicted molar refractivity (Wildman–Crippen MR) is 174 cm³/mol. The van der Waals surface area contributed by atoms with E-state index in [1.165, 1.54) is 0 Å². The van der Waals surface area contributed by atoms with Gasteiger partial charge in [0.1, 0.15) is 12.7 Å². The van der Waals surface area contributed by atoms with Gasteiger partial charge in [-0.3, -0.25) is 0 Å². The van der Waals surface area contributed by atoms with E-state index in [4.69, 9.17) is 23.7 Å². The predicted octanol–water partition coefficient (Wildman–Crippen LogP) is 0.685. The summed E-state index contributed by atoms with van der Waals surface area (Å²) in [7, 11) is 0. The van der Waals surface area contributed by atoms with Crippen LogP contribution in [0.3, 0.4) is 0 Å². The van der Waals surface area contributed by atoms with Crippen LogP contribution in [0.15, 0.2) is 36.4 Å². The molecular weight excluding hydrogens is 760 g/mol. The molecule has 0 radical (unpaired) electrons. The first-order valence-electron chi connectivity index (χ1n) is 15.5. The topological polar surface area (TPSA) is 377 Å². The molecule has 0 aliphatic carbocycles. The van der Waals surface area contributed by atoms with Gasteiger partial charge in [0.2, 0.25) is 11.5 Å². The number of phenols is 12. The van der Waals surface area contributed by atoms with Crippen molar-refractivity contribution in [3.05, 3.63) is 58.7 Å². The maximum Gasteiger partial charge on any atom is 0.339 e. The Morgan fingerprint density at radius 1 is 0.536 bits per heavy atom. The highest BCUT2D eigenvalue weighted by atomic mass is 16.7. The fourth-order valence-electron chi connectivity index (χ4n) is 5.80. The number of benzene rings is 4. The van der Waals surface area contributed by atoms with Gasteiger partial charge in [0.15, 0.2) is 82.1 Å². The lowest BCUT2D eigenvalue weighted by Crippen LogP contribution is -2.62. The van der Waals surface area contributed by atoms with Crippen LogP contribution in [0.1, 0.15) is 41.4 Å². The van der Waals surface area contributed by atoms with E-state index in [2.05, 4.69) is 0 Å². The van der Waals surface area contributed by atoms with Crippen LogP contribution in [0.25, 0.3) is 11.1 Å². The van der Waals surface area contributed by atoms with Crippen LogP contribution in [0.2, 0.25) is 0 Å². The van der Waals surface area contributed by atoms with Crippen molar-refractivity contribution in [3.63, 3.8) is 0 Å². The number of aliphatic hydroxyl groups excluding tert-OH is 1. The molecule has 22 nitrogen and oxygen atoms in total. The molecule has 2 aliphatic heterocycles. The number of phenolic OH excluding ortho intramolecular Hbond substituents is 12. The molecule has 13 N–H and O–H groups in total. The molecule has 0 bridgehead atoms. The van der Waals surface area contributed by atoms with Crippen LogP contribution < -0.4 is 0 Å². The van der Waals surface area contributed by atoms with Gasteiger partial charge < -0.3 is 90.1 Å². The molecule has 0 saturated carbocycles. The van der Waals surface area contributed by atoms with E-state index in [9.17, 15) is 85.6 Å². The molecule has 4 aromatic rings. The molecule has 294 valence electrons. The Bertz CT molecular complexity index is 2290. The van der Waals surface area contributed by atoms with Gasteiger partial charge in [0.25, 0.3) is 0 Å². The summed E-state index contributed by atoms with van der Waals surface area (Å²) in [4.78, 5) is 54.3. The zero-order valence-electron chi connectivity index (χ0n) is 27.5. The summed E-state index contributed by atoms with van der Waals surface area (Å²) in [5.74, 6) is -20.2. The van der Waals surface area contributed by atoms with Crippen LogP contribution in [0.4, 0.5) is 0 Å². The Kier molecular flexibility index (Phi) is 9.45. The Morgan fingerprint density at radius 3 is 1.38 bits per heavy atom. The van der Waals surface area contributed by atoms with Gasteiger partial charge in [-0.15, -0.1) is 0 Å². The van der Waals surface area contributed by atoms with E-state index >= 15 is 0 Å². The summed E-state index contributed by atoms with van der Waals surface area (Å²) in [5.41, 5.74) is -5.28. The molecule has 2 heterocycles. The smallest absolute Gasteiger partial charge is 0.339 e. The molecule has 2 unspecified atom stereocenters. The molecule has 56 heavy (non-hydrogen) atoms. The SMILES string of the molecule is O=C(O[C@H]1C(O)O[C@@H]2COC(=O)c3cc(O)c(O)c(O)c3-c3c(cc(O)c(O)c3O)C(=O)OC2[C@@H]1OC(=O)c1cc(O)c(O)c(O)c1)c1cc(O)c(O)c(O)c1. The van der Waals surface area contributed by atoms with Gasteiger partial charge in [-0.05, 0) is 36.4 Å². The normalized spacial score (nSPS) is 20.6. The van der Waals surface area contributed by atoms with E-state index in [1.54, 1.807) is 0 Å². The largest absolute Gasteiger partial charge is 0.504 e. The molecule has 2 aliphatic rings. The van der Waals surface area contributed by atoms with Gasteiger partial charge >= 0.3 is 23.9 Å². The summed E-state index contributed by atoms with van der Waals surface area (Å²) in [5, 5.41) is 133. The lowest BCUT2D eigenvalue weighted by Gasteiger charge is -2.42. The minimum Gasteiger partial charge on any atom is -0.504 e. The molecule has 22 heteroatoms. The van der Waals surface area contributed by atoms with Crippen molar-refractivity contribution in [1.82, 2.24) is 0 Å². The second kappa shape index (κ2) is 13.9. The van der Waals surface area contributed by atoms with Crippen LogP contribution in [0, 0.1) is 0 Å². The lowest BCUT2D eigenvalue weighted by atomic mass is 9.92. The van der Waals surface area contributed by atoms with Crippen molar-refractivity contribution in [3.8, 4) is 80.1 Å². The van der Waals surface area contributed by atoms with Crippen molar-refractivity contribution in [2.45, 2.75) is 30.7 Å². The third-order valence-corrected chi connectivity index (χ3v) is 8.53. The highest BCUT2D eigenvalue weighted by Crippen LogP contribution is 2.53. The Labute approximate surface area is 309 Å². The van der Waals surface area contributed by atoms with E-state index in [-0.39, 0.29) is 0 Å². The van der Waals surface area contributed by atoms with Crippen LogP contribution >= 0.6 is 0 Å². The fourth-order valence-corrected chi connectivity index (χ4v) is 5.80. The number of esters is 4. The number of fused-ring (bicyclic) bond motifs is 4. The maximum absolute atomic E-state index is 14.0. The number of aliphatic hydroxyl groups is 1. The fraction of sp³-hybridized carbons (Fsp3) is 0.176. The summed E-state index contributed by atoms with van der Waals surface area (Å²) < 4.78 is 27.0. The molecule has 4 aromatic carbocycles. The Balaban J connectivity index is 1.51. The van der Waals surface area contributed by atoms with Crippen LogP contribution in [0.5, 0.6) is 69.0 Å². The van der Waals surface area contributed by atoms with Gasteiger partial charge in [0.05, 0.1) is 22.3 Å². The van der Waals surface area contributed by atoms with Gasteiger partial charge in [0, 0.05) is 11.1 Å². The maximum atomic E-state index is 14.0. The summed E-state index contributed by atoms with van der Waals surface area (Å²) >= 11 is 0. The average Bonchev–Trinajstić information content (AvgIpc) is 3.16. The molecule has 0 aromatic heterocycles. The summed E-state index contributed by atoms with van der Waals surface area (Å²) in [6.45, 7) is -1.09. The van der Waals surface area contributed by atoms with Crippen molar-refractivity contribution < 1.29 is 109 Å². The highest BCUT2D eigenvalue weighted by molar-refractivity contribution is 6.08. The molecule has 0 amide bonds. The number of rotatable bonds is 4. The quantitative estimate of drug-likeness (QED) is 0.0768. The third-order valence-electron chi connectivity index (χ3n) is 8.53. The van der Waals surface area contributed by atoms with Crippen LogP contribution in [-0.2, 0) is 23.7 Å². The van der Waals surface area contributed by atoms with E-state index in [0.29, 0.717) is 36.4 Å². The first-order valence-corrected chi connectivity index (χ1v) is 15.5. The first-order chi connectivity index (χ1) is 26.3. The zero-order valence-corrected chi connectivity index (χ0v) is 27.5. The Morgan fingerprint density at radius 2 is 0.929 bits per heavy atom. The van der Waals surface area contributed by atoms with Crippen molar-refractivity contribution in [1.29, 1.82) is 0 Å². The van der Waals surface area contributed by atoms with Gasteiger partial charge in [-0.1, -0.05) is 0 Å². The monoisotopic (exact) mass is 786 g/mol. The first kappa shape index (κ1) is 38.0. The molecular formula is C34H26O22. The lowest BCUT2D eigenvalue weighted by molar-refractivity contribution is -0.284. The van der Waals surface area contributed by atoms with Crippen LogP contribution in [-0.4, -0.2) is 128 Å². The summed E-state index contributed by atoms with van der Waals surface area (Å²) in [6, 6.07) is 3.41. The third kappa shape index (κ3) is 6.45. The highest BCUT2D eigenvalue weighted by Gasteiger charge is 2.53. The number of cyclic esters (lactones) is 1. The Hall–Kier alpha value is -7.72. The second-order valence-electron chi connectivity index (χ2n) is 12.0. The van der Waals surface area contributed by atoms with Crippen molar-refractivity contribution >= 4 is 23.9 Å². The summed E-state index contributed by atoms with van der Waals surface area (Å²) in [6.07, 6.45) is -11.2. The molecule has 0 spiro atoms. The van der Waals surface area contributed by atoms with E-state index < -0.39 is 164 Å². The molecule has 6 rings (SSSR count). The number of aromatic hydroxyl groups is 12. The van der Waals surface area contributed by atoms with Crippen molar-refractivity contribution in [2.24, 2.45) is 0 Å². The van der Waals surface area contributed by atoms with Gasteiger partial charge in [-0.2, -0.15) is 0 Å². The van der Waals surface area contributed by atoms with E-state index in [1.807, 2.05) is 0 Å². The molecule has 1 fully saturated rings. The minimum atomic E-state index is -2.42. The van der Waals surface area contributed by atoms with Crippen molar-refractivity contribution in [2.75, 3.05) is 6.61 Å². The molecule has 1 saturated heterocycles. The number of carbonyl (C=O) groups excluding carboxylic acids is 4. The molecule has 5 atom stereocenters. The number of hydrogen-bond acceptors (Lipinski definition) is 22. The zero-order chi connectivity index (χ0) is 41.1. The number of hydrogen-bond donors (Lipinski definition) is 13.